The Balaban J connectivity index is 2.90. The van der Waals surface area contributed by atoms with Crippen molar-refractivity contribution in [3.05, 3.63) is 29.3 Å². The summed E-state index contributed by atoms with van der Waals surface area (Å²) >= 11 is 0. The van der Waals surface area contributed by atoms with E-state index in [-0.39, 0.29) is 18.8 Å². The van der Waals surface area contributed by atoms with Crippen LogP contribution in [-0.2, 0) is 22.3 Å². The maximum Gasteiger partial charge on any atom is 0.418 e. The molecule has 0 aliphatic rings. The van der Waals surface area contributed by atoms with Crippen molar-refractivity contribution in [2.45, 2.75) is 39.1 Å². The van der Waals surface area contributed by atoms with Crippen molar-refractivity contribution in [2.24, 2.45) is 5.73 Å². The van der Waals surface area contributed by atoms with Crippen LogP contribution in [0.1, 0.15) is 31.9 Å². The SMILES string of the molecule is CC(C)(C)OCC(=O)Nc1ccc(CN)cc1C(F)(F)F. The average molecular weight is 304 g/mol. The Labute approximate surface area is 121 Å². The second kappa shape index (κ2) is 6.44. The van der Waals surface area contributed by atoms with Crippen molar-refractivity contribution in [1.29, 1.82) is 0 Å². The Morgan fingerprint density at radius 2 is 1.90 bits per heavy atom. The third-order valence-corrected chi connectivity index (χ3v) is 2.54. The fraction of sp³-hybridized carbons (Fsp3) is 0.500. The number of halogens is 3. The van der Waals surface area contributed by atoms with E-state index in [2.05, 4.69) is 5.32 Å². The molecule has 1 aromatic rings. The highest BCUT2D eigenvalue weighted by Crippen LogP contribution is 2.35. The molecule has 0 saturated heterocycles. The lowest BCUT2D eigenvalue weighted by Gasteiger charge is -2.20. The van der Waals surface area contributed by atoms with Crippen LogP contribution in [-0.4, -0.2) is 18.1 Å². The second-order valence-electron chi connectivity index (χ2n) is 5.53. The van der Waals surface area contributed by atoms with Gasteiger partial charge in [-0.05, 0) is 38.5 Å². The summed E-state index contributed by atoms with van der Waals surface area (Å²) in [5.41, 5.74) is 3.90. The lowest BCUT2D eigenvalue weighted by molar-refractivity contribution is -0.137. The van der Waals surface area contributed by atoms with Crippen LogP contribution in [0.5, 0.6) is 0 Å². The maximum atomic E-state index is 13.0. The van der Waals surface area contributed by atoms with Gasteiger partial charge in [-0.1, -0.05) is 6.07 Å². The minimum Gasteiger partial charge on any atom is -0.366 e. The molecule has 4 nitrogen and oxygen atoms in total. The Morgan fingerprint density at radius 3 is 2.38 bits per heavy atom. The zero-order chi connectivity index (χ0) is 16.3. The van der Waals surface area contributed by atoms with Gasteiger partial charge in [0, 0.05) is 6.54 Å². The molecule has 0 saturated carbocycles. The summed E-state index contributed by atoms with van der Waals surface area (Å²) in [6, 6.07) is 3.57. The molecule has 0 fully saturated rings. The van der Waals surface area contributed by atoms with Crippen molar-refractivity contribution in [3.63, 3.8) is 0 Å². The van der Waals surface area contributed by atoms with Crippen molar-refractivity contribution in [3.8, 4) is 0 Å². The number of alkyl halides is 3. The first-order chi connectivity index (χ1) is 9.53. The molecular formula is C14H19F3N2O2. The number of hydrogen-bond acceptors (Lipinski definition) is 3. The number of carbonyl (C=O) groups is 1. The van der Waals surface area contributed by atoms with Gasteiger partial charge < -0.3 is 15.8 Å². The minimum atomic E-state index is -4.57. The normalized spacial score (nSPS) is 12.3. The number of rotatable bonds is 4. The van der Waals surface area contributed by atoms with Crippen LogP contribution in [0, 0.1) is 0 Å². The van der Waals surface area contributed by atoms with E-state index in [0.717, 1.165) is 6.07 Å². The number of hydrogen-bond donors (Lipinski definition) is 2. The third kappa shape index (κ3) is 5.73. The molecule has 21 heavy (non-hydrogen) atoms. The summed E-state index contributed by atoms with van der Waals surface area (Å²) < 4.78 is 44.1. The van der Waals surface area contributed by atoms with Gasteiger partial charge in [0.1, 0.15) is 6.61 Å². The highest BCUT2D eigenvalue weighted by atomic mass is 19.4. The fourth-order valence-electron chi connectivity index (χ4n) is 1.53. The van der Waals surface area contributed by atoms with Crippen LogP contribution in [0.3, 0.4) is 0 Å². The van der Waals surface area contributed by atoms with Crippen molar-refractivity contribution in [1.82, 2.24) is 0 Å². The monoisotopic (exact) mass is 304 g/mol. The predicted molar refractivity (Wildman–Crippen MR) is 73.7 cm³/mol. The first-order valence-electron chi connectivity index (χ1n) is 6.37. The van der Waals surface area contributed by atoms with E-state index in [0.29, 0.717) is 5.56 Å². The summed E-state index contributed by atoms with van der Waals surface area (Å²) in [5, 5.41) is 2.22. The molecule has 0 spiro atoms. The Morgan fingerprint density at radius 1 is 1.29 bits per heavy atom. The molecule has 0 aliphatic heterocycles. The lowest BCUT2D eigenvalue weighted by Crippen LogP contribution is -2.27. The molecule has 1 aromatic carbocycles. The largest absolute Gasteiger partial charge is 0.418 e. The van der Waals surface area contributed by atoms with Gasteiger partial charge in [0.05, 0.1) is 16.9 Å². The zero-order valence-corrected chi connectivity index (χ0v) is 12.2. The summed E-state index contributed by atoms with van der Waals surface area (Å²) in [6.45, 7) is 4.91. The molecule has 0 aliphatic carbocycles. The zero-order valence-electron chi connectivity index (χ0n) is 12.2. The minimum absolute atomic E-state index is 0.00948. The van der Waals surface area contributed by atoms with E-state index >= 15 is 0 Å². The van der Waals surface area contributed by atoms with Crippen LogP contribution >= 0.6 is 0 Å². The predicted octanol–water partition coefficient (Wildman–Crippen LogP) is 2.92. The smallest absolute Gasteiger partial charge is 0.366 e. The molecule has 0 heterocycles. The molecular weight excluding hydrogens is 285 g/mol. The molecule has 3 N–H and O–H groups in total. The van der Waals surface area contributed by atoms with Crippen LogP contribution in [0.15, 0.2) is 18.2 Å². The summed E-state index contributed by atoms with van der Waals surface area (Å²) in [7, 11) is 0. The summed E-state index contributed by atoms with van der Waals surface area (Å²) in [5.74, 6) is -0.643. The first kappa shape index (κ1) is 17.5. The van der Waals surface area contributed by atoms with Gasteiger partial charge in [-0.15, -0.1) is 0 Å². The van der Waals surface area contributed by atoms with E-state index in [1.165, 1.54) is 12.1 Å². The number of carbonyl (C=O) groups excluding carboxylic acids is 1. The summed E-state index contributed by atoms with van der Waals surface area (Å²) in [4.78, 5) is 11.7. The van der Waals surface area contributed by atoms with Gasteiger partial charge in [-0.2, -0.15) is 13.2 Å². The number of nitrogens with two attached hydrogens (primary N) is 1. The number of anilines is 1. The number of ether oxygens (including phenoxy) is 1. The number of benzene rings is 1. The molecule has 1 rings (SSSR count). The number of nitrogens with one attached hydrogen (secondary N) is 1. The van der Waals surface area contributed by atoms with Crippen molar-refractivity contribution < 1.29 is 22.7 Å². The van der Waals surface area contributed by atoms with Gasteiger partial charge in [0.2, 0.25) is 5.91 Å². The molecule has 0 bridgehead atoms. The van der Waals surface area contributed by atoms with Crippen LogP contribution in [0.2, 0.25) is 0 Å². The molecule has 0 aromatic heterocycles. The molecule has 118 valence electrons. The number of amides is 1. The molecule has 0 unspecified atom stereocenters. The third-order valence-electron chi connectivity index (χ3n) is 2.54. The van der Waals surface area contributed by atoms with Crippen LogP contribution in [0.4, 0.5) is 18.9 Å². The van der Waals surface area contributed by atoms with Crippen LogP contribution < -0.4 is 11.1 Å². The lowest BCUT2D eigenvalue weighted by atomic mass is 10.1. The van der Waals surface area contributed by atoms with E-state index in [1.54, 1.807) is 20.8 Å². The molecule has 0 radical (unpaired) electrons. The van der Waals surface area contributed by atoms with Gasteiger partial charge in [0.15, 0.2) is 0 Å². The first-order valence-corrected chi connectivity index (χ1v) is 6.37. The van der Waals surface area contributed by atoms with Crippen molar-refractivity contribution in [2.75, 3.05) is 11.9 Å². The quantitative estimate of drug-likeness (QED) is 0.899. The van der Waals surface area contributed by atoms with E-state index in [1.807, 2.05) is 0 Å². The van der Waals surface area contributed by atoms with Gasteiger partial charge in [-0.25, -0.2) is 0 Å². The van der Waals surface area contributed by atoms with Crippen molar-refractivity contribution >= 4 is 11.6 Å². The maximum absolute atomic E-state index is 13.0. The highest BCUT2D eigenvalue weighted by Gasteiger charge is 2.34. The van der Waals surface area contributed by atoms with E-state index in [4.69, 9.17) is 10.5 Å². The highest BCUT2D eigenvalue weighted by molar-refractivity contribution is 5.92. The van der Waals surface area contributed by atoms with Gasteiger partial charge in [0.25, 0.3) is 0 Å². The summed E-state index contributed by atoms with van der Waals surface area (Å²) in [6.07, 6.45) is -4.57. The Hall–Kier alpha value is -1.60. The Kier molecular flexibility index (Phi) is 5.36. The standard InChI is InChI=1S/C14H19F3N2O2/c1-13(2,3)21-8-12(20)19-11-5-4-9(7-18)6-10(11)14(15,16)17/h4-6H,7-8,18H2,1-3H3,(H,19,20). The molecule has 7 heteroatoms. The van der Waals surface area contributed by atoms with Crippen LogP contribution in [0.25, 0.3) is 0 Å². The molecule has 0 atom stereocenters. The Bertz CT molecular complexity index is 508. The van der Waals surface area contributed by atoms with Gasteiger partial charge in [-0.3, -0.25) is 4.79 Å². The fourth-order valence-corrected chi connectivity index (χ4v) is 1.53. The second-order valence-corrected chi connectivity index (χ2v) is 5.53. The average Bonchev–Trinajstić information content (AvgIpc) is 2.35. The topological polar surface area (TPSA) is 64.3 Å². The van der Waals surface area contributed by atoms with Gasteiger partial charge >= 0.3 is 6.18 Å². The van der Waals surface area contributed by atoms with E-state index < -0.39 is 23.2 Å². The van der Waals surface area contributed by atoms with E-state index in [9.17, 15) is 18.0 Å². The molecule has 1 amide bonds.